The van der Waals surface area contributed by atoms with Crippen molar-refractivity contribution >= 4 is 34.4 Å². The van der Waals surface area contributed by atoms with Crippen LogP contribution < -0.4 is 9.64 Å². The van der Waals surface area contributed by atoms with Crippen LogP contribution in [0.1, 0.15) is 17.4 Å². The Morgan fingerprint density at radius 3 is 2.55 bits per heavy atom. The van der Waals surface area contributed by atoms with Gasteiger partial charge in [-0.05, 0) is 54.6 Å². The number of carbonyl (C=O) groups is 2. The molecule has 31 heavy (non-hydrogen) atoms. The second-order valence-corrected chi connectivity index (χ2v) is 7.98. The second kappa shape index (κ2) is 9.14. The first kappa shape index (κ1) is 20.8. The molecule has 0 fully saturated rings. The SMILES string of the molecule is CCN(CCc1ccncc1)C1=C(c2cccs2)C(=O)N(c2cccc(OC)c2)C1=O. The van der Waals surface area contributed by atoms with Gasteiger partial charge < -0.3 is 9.64 Å². The number of thiophene rings is 1. The lowest BCUT2D eigenvalue weighted by atomic mass is 10.1. The van der Waals surface area contributed by atoms with E-state index in [1.54, 1.807) is 43.8 Å². The van der Waals surface area contributed by atoms with Crippen LogP contribution >= 0.6 is 11.3 Å². The van der Waals surface area contributed by atoms with Gasteiger partial charge >= 0.3 is 0 Å². The molecule has 0 unspecified atom stereocenters. The number of methoxy groups -OCH3 is 1. The highest BCUT2D eigenvalue weighted by molar-refractivity contribution is 7.11. The average molecular weight is 434 g/mol. The van der Waals surface area contributed by atoms with Crippen LogP contribution in [0.5, 0.6) is 5.75 Å². The number of nitrogens with zero attached hydrogens (tertiary/aromatic N) is 3. The predicted molar refractivity (Wildman–Crippen MR) is 122 cm³/mol. The van der Waals surface area contributed by atoms with Gasteiger partial charge in [-0.2, -0.15) is 0 Å². The topological polar surface area (TPSA) is 62.7 Å². The van der Waals surface area contributed by atoms with E-state index in [0.29, 0.717) is 35.8 Å². The Morgan fingerprint density at radius 1 is 1.06 bits per heavy atom. The number of benzene rings is 1. The van der Waals surface area contributed by atoms with Crippen LogP contribution in [0.3, 0.4) is 0 Å². The van der Waals surface area contributed by atoms with E-state index < -0.39 is 0 Å². The van der Waals surface area contributed by atoms with E-state index >= 15 is 0 Å². The summed E-state index contributed by atoms with van der Waals surface area (Å²) in [5, 5.41) is 1.92. The average Bonchev–Trinajstić information content (AvgIpc) is 3.41. The molecule has 1 aliphatic heterocycles. The van der Waals surface area contributed by atoms with Crippen molar-refractivity contribution in [2.75, 3.05) is 25.1 Å². The monoisotopic (exact) mass is 433 g/mol. The zero-order valence-corrected chi connectivity index (χ0v) is 18.3. The Kier molecular flexibility index (Phi) is 6.13. The fourth-order valence-electron chi connectivity index (χ4n) is 3.68. The molecule has 158 valence electrons. The van der Waals surface area contributed by atoms with Gasteiger partial charge in [0.15, 0.2) is 0 Å². The molecule has 0 aliphatic carbocycles. The van der Waals surface area contributed by atoms with Crippen LogP contribution in [0.2, 0.25) is 0 Å². The highest BCUT2D eigenvalue weighted by Crippen LogP contribution is 2.37. The highest BCUT2D eigenvalue weighted by atomic mass is 32.1. The fraction of sp³-hybridized carbons (Fsp3) is 0.208. The van der Waals surface area contributed by atoms with Gasteiger partial charge in [0, 0.05) is 36.4 Å². The largest absolute Gasteiger partial charge is 0.497 e. The molecule has 2 aromatic heterocycles. The van der Waals surface area contributed by atoms with Gasteiger partial charge in [-0.15, -0.1) is 11.3 Å². The van der Waals surface area contributed by atoms with E-state index in [-0.39, 0.29) is 11.8 Å². The number of carbonyl (C=O) groups excluding carboxylic acids is 2. The number of aromatic nitrogens is 1. The lowest BCUT2D eigenvalue weighted by Gasteiger charge is -2.24. The molecule has 1 aliphatic rings. The summed E-state index contributed by atoms with van der Waals surface area (Å²) >= 11 is 1.46. The Labute approximate surface area is 185 Å². The number of imide groups is 1. The quantitative estimate of drug-likeness (QED) is 0.503. The summed E-state index contributed by atoms with van der Waals surface area (Å²) < 4.78 is 5.29. The maximum atomic E-state index is 13.6. The van der Waals surface area contributed by atoms with Gasteiger partial charge in [0.25, 0.3) is 11.8 Å². The summed E-state index contributed by atoms with van der Waals surface area (Å²) in [4.78, 5) is 35.2. The van der Waals surface area contributed by atoms with E-state index in [9.17, 15) is 9.59 Å². The van der Waals surface area contributed by atoms with Crippen LogP contribution in [0.25, 0.3) is 5.57 Å². The van der Waals surface area contributed by atoms with E-state index in [4.69, 9.17) is 4.74 Å². The van der Waals surface area contributed by atoms with Crippen molar-refractivity contribution in [1.29, 1.82) is 0 Å². The van der Waals surface area contributed by atoms with Crippen LogP contribution in [-0.4, -0.2) is 41.9 Å². The van der Waals surface area contributed by atoms with Crippen molar-refractivity contribution in [3.05, 3.63) is 82.4 Å². The molecule has 3 aromatic rings. The molecule has 0 N–H and O–H groups in total. The van der Waals surface area contributed by atoms with Gasteiger partial charge in [0.1, 0.15) is 11.4 Å². The number of likely N-dealkylation sites (N-methyl/N-ethyl adjacent to an activating group) is 1. The zero-order valence-electron chi connectivity index (χ0n) is 17.4. The van der Waals surface area contributed by atoms with Crippen LogP contribution in [0, 0.1) is 0 Å². The van der Waals surface area contributed by atoms with E-state index in [1.165, 1.54) is 16.2 Å². The maximum absolute atomic E-state index is 13.6. The third-order valence-electron chi connectivity index (χ3n) is 5.26. The van der Waals surface area contributed by atoms with Crippen molar-refractivity contribution in [2.24, 2.45) is 0 Å². The van der Waals surface area contributed by atoms with Gasteiger partial charge in [-0.3, -0.25) is 14.6 Å². The van der Waals surface area contributed by atoms with Crippen molar-refractivity contribution < 1.29 is 14.3 Å². The number of rotatable bonds is 8. The minimum Gasteiger partial charge on any atom is -0.497 e. The van der Waals surface area contributed by atoms with Crippen molar-refractivity contribution in [1.82, 2.24) is 9.88 Å². The molecule has 1 aromatic carbocycles. The maximum Gasteiger partial charge on any atom is 0.282 e. The first-order chi connectivity index (χ1) is 15.1. The Bertz CT molecular complexity index is 1110. The molecule has 0 radical (unpaired) electrons. The predicted octanol–water partition coefficient (Wildman–Crippen LogP) is 4.00. The number of hydrogen-bond donors (Lipinski definition) is 0. The molecule has 6 nitrogen and oxygen atoms in total. The molecule has 0 saturated heterocycles. The van der Waals surface area contributed by atoms with Gasteiger partial charge in [0.05, 0.1) is 18.4 Å². The standard InChI is InChI=1S/C24H23N3O3S/c1-3-26(14-11-17-9-12-25-13-10-17)22-21(20-8-5-15-31-20)23(28)27(24(22)29)18-6-4-7-19(16-18)30-2/h4-10,12-13,15-16H,3,11,14H2,1-2H3. The Balaban J connectivity index is 1.72. The highest BCUT2D eigenvalue weighted by Gasteiger charge is 2.42. The lowest BCUT2D eigenvalue weighted by molar-refractivity contribution is -0.120. The molecule has 4 rings (SSSR count). The molecular weight excluding hydrogens is 410 g/mol. The van der Waals surface area contributed by atoms with E-state index in [1.807, 2.05) is 41.5 Å². The van der Waals surface area contributed by atoms with Crippen molar-refractivity contribution in [2.45, 2.75) is 13.3 Å². The number of anilines is 1. The molecule has 7 heteroatoms. The van der Waals surface area contributed by atoms with Gasteiger partial charge in [-0.25, -0.2) is 4.90 Å². The van der Waals surface area contributed by atoms with E-state index in [2.05, 4.69) is 4.98 Å². The Morgan fingerprint density at radius 2 is 1.87 bits per heavy atom. The summed E-state index contributed by atoms with van der Waals surface area (Å²) in [6.45, 7) is 3.23. The van der Waals surface area contributed by atoms with Crippen molar-refractivity contribution in [3.8, 4) is 5.75 Å². The molecule has 0 bridgehead atoms. The van der Waals surface area contributed by atoms with Gasteiger partial charge in [0.2, 0.25) is 0 Å². The summed E-state index contributed by atoms with van der Waals surface area (Å²) in [6, 6.07) is 14.7. The number of amides is 2. The first-order valence-corrected chi connectivity index (χ1v) is 11.0. The number of hydrogen-bond acceptors (Lipinski definition) is 6. The molecule has 3 heterocycles. The van der Waals surface area contributed by atoms with Crippen LogP contribution in [-0.2, 0) is 16.0 Å². The molecule has 0 spiro atoms. The molecule has 0 atom stereocenters. The lowest BCUT2D eigenvalue weighted by Crippen LogP contribution is -2.36. The Hall–Kier alpha value is -3.45. The molecule has 0 saturated carbocycles. The minimum atomic E-state index is -0.307. The van der Waals surface area contributed by atoms with Gasteiger partial charge in [-0.1, -0.05) is 12.1 Å². The van der Waals surface area contributed by atoms with E-state index in [0.717, 1.165) is 16.9 Å². The third kappa shape index (κ3) is 4.09. The van der Waals surface area contributed by atoms with Crippen LogP contribution in [0.15, 0.2) is 72.0 Å². The van der Waals surface area contributed by atoms with Crippen molar-refractivity contribution in [3.63, 3.8) is 0 Å². The summed E-state index contributed by atoms with van der Waals surface area (Å²) in [5.41, 5.74) is 2.54. The summed E-state index contributed by atoms with van der Waals surface area (Å²) in [7, 11) is 1.56. The van der Waals surface area contributed by atoms with Crippen LogP contribution in [0.4, 0.5) is 5.69 Å². The smallest absolute Gasteiger partial charge is 0.282 e. The normalized spacial score (nSPS) is 13.8. The fourth-order valence-corrected chi connectivity index (χ4v) is 4.44. The second-order valence-electron chi connectivity index (χ2n) is 7.03. The summed E-state index contributed by atoms with van der Waals surface area (Å²) in [6.07, 6.45) is 4.27. The minimum absolute atomic E-state index is 0.307. The first-order valence-electron chi connectivity index (χ1n) is 10.1. The zero-order chi connectivity index (χ0) is 21.8. The molecule has 2 amide bonds. The number of ether oxygens (including phenoxy) is 1. The third-order valence-corrected chi connectivity index (χ3v) is 6.14. The molecular formula is C24H23N3O3S. The number of pyridine rings is 1. The summed E-state index contributed by atoms with van der Waals surface area (Å²) in [5.74, 6) is -0.0226.